The van der Waals surface area contributed by atoms with Crippen molar-refractivity contribution in [2.75, 3.05) is 9.80 Å². The van der Waals surface area contributed by atoms with E-state index in [-0.39, 0.29) is 0 Å². The van der Waals surface area contributed by atoms with Gasteiger partial charge >= 0.3 is 0 Å². The van der Waals surface area contributed by atoms with Crippen molar-refractivity contribution >= 4 is 153 Å². The molecule has 12 aromatic carbocycles. The second-order valence-corrected chi connectivity index (χ2v) is 22.1. The Balaban J connectivity index is 0.000000136. The number of hydrogen-bond acceptors (Lipinski definition) is 6. The second kappa shape index (κ2) is 21.6. The van der Waals surface area contributed by atoms with Gasteiger partial charge in [-0.1, -0.05) is 190 Å². The lowest BCUT2D eigenvalue weighted by Gasteiger charge is -2.27. The normalized spacial score (nSPS) is 11.4. The molecule has 16 aromatic rings. The van der Waals surface area contributed by atoms with Gasteiger partial charge < -0.3 is 9.80 Å². The van der Waals surface area contributed by atoms with Gasteiger partial charge in [0.1, 0.15) is 0 Å². The Morgan fingerprint density at radius 1 is 0.247 bits per heavy atom. The van der Waals surface area contributed by atoms with Crippen LogP contribution in [0.1, 0.15) is 11.1 Å². The van der Waals surface area contributed by atoms with E-state index >= 15 is 0 Å². The monoisotopic (exact) mass is 1170 g/mol. The topological polar surface area (TPSA) is 58.0 Å². The van der Waals surface area contributed by atoms with Crippen molar-refractivity contribution in [3.05, 3.63) is 300 Å². The standard InChI is InChI=1S/C42H28N4.C17H14.C14H6Br2N2/c1-4-14-33(15-5-1)45(34-16-6-2-7-17-34)37-23-31-27-44-40-26-38(24-32-28-43-39(25-37)41(31)42(32)40)46(35-18-8-3-9-19-35)36-21-20-29-12-10-11-13-30(29)22-36;1-2-6-14(7-3-1)12-15-10-11-16-8-4-5-9-17(16)13-15;15-9-1-7-5-17-12-4-10(16)2-8-6-18-11(3-9)13(7)14(8)12/h1-28H;1-11,13H,12H2;1-6H. The lowest BCUT2D eigenvalue weighted by molar-refractivity contribution is 1.20. The molecule has 0 fully saturated rings. The maximum absolute atomic E-state index is 5.06. The summed E-state index contributed by atoms with van der Waals surface area (Å²) in [5.74, 6) is 0. The van der Waals surface area contributed by atoms with E-state index in [4.69, 9.17) is 9.97 Å². The summed E-state index contributed by atoms with van der Waals surface area (Å²) in [6.45, 7) is 0. The predicted octanol–water partition coefficient (Wildman–Crippen LogP) is 20.8. The number of fused-ring (bicyclic) bond motifs is 2. The highest BCUT2D eigenvalue weighted by molar-refractivity contribution is 9.10. The Morgan fingerprint density at radius 2 is 0.593 bits per heavy atom. The van der Waals surface area contributed by atoms with Crippen molar-refractivity contribution in [2.24, 2.45) is 0 Å². The van der Waals surface area contributed by atoms with E-state index < -0.39 is 0 Å². The fourth-order valence-corrected chi connectivity index (χ4v) is 12.3. The van der Waals surface area contributed by atoms with E-state index in [1.54, 1.807) is 0 Å². The third-order valence-corrected chi connectivity index (χ3v) is 15.9. The van der Waals surface area contributed by atoms with E-state index in [1.807, 2.05) is 49.1 Å². The molecule has 8 heteroatoms. The van der Waals surface area contributed by atoms with Crippen LogP contribution in [-0.2, 0) is 6.42 Å². The van der Waals surface area contributed by atoms with Crippen LogP contribution in [0, 0.1) is 0 Å². The first kappa shape index (κ1) is 49.7. The SMILES string of the molecule is Brc1cc2cnc3cc(Br)cc4cnc(c1)c2c43.c1ccc(Cc2ccc3ccccc3c2)cc1.c1ccc(N(c2ccccc2)c2cc3cnc4cc(N(c5ccccc5)c5ccc6ccccc6c5)cc5cnc(c2)c3c54)cc1. The Labute approximate surface area is 485 Å². The number of halogens is 2. The Hall–Kier alpha value is -9.60. The van der Waals surface area contributed by atoms with Crippen LogP contribution in [0.15, 0.2) is 289 Å². The summed E-state index contributed by atoms with van der Waals surface area (Å²) in [4.78, 5) is 23.8. The summed E-state index contributed by atoms with van der Waals surface area (Å²) in [7, 11) is 0. The number of nitrogens with zero attached hydrogens (tertiary/aromatic N) is 6. The molecule has 4 heterocycles. The van der Waals surface area contributed by atoms with Crippen molar-refractivity contribution in [3.63, 3.8) is 0 Å². The first-order valence-corrected chi connectivity index (χ1v) is 28.5. The molecule has 0 radical (unpaired) electrons. The lowest BCUT2D eigenvalue weighted by Crippen LogP contribution is -2.10. The van der Waals surface area contributed by atoms with Crippen LogP contribution < -0.4 is 9.80 Å². The molecular formula is C73H48Br2N6. The van der Waals surface area contributed by atoms with Gasteiger partial charge in [0.05, 0.1) is 22.1 Å². The minimum Gasteiger partial charge on any atom is -0.310 e. The number of hydrogen-bond donors (Lipinski definition) is 0. The average molecular weight is 1170 g/mol. The zero-order valence-electron chi connectivity index (χ0n) is 43.7. The molecule has 0 aliphatic carbocycles. The quantitative estimate of drug-likeness (QED) is 0.141. The fraction of sp³-hybridized carbons (Fsp3) is 0.0137. The van der Waals surface area contributed by atoms with Crippen molar-refractivity contribution < 1.29 is 0 Å². The summed E-state index contributed by atoms with van der Waals surface area (Å²) < 4.78 is 2.06. The minimum atomic E-state index is 0.949. The van der Waals surface area contributed by atoms with Crippen molar-refractivity contribution in [1.82, 2.24) is 19.9 Å². The molecule has 0 unspecified atom stereocenters. The smallest absolute Gasteiger partial charge is 0.0736 e. The summed E-state index contributed by atoms with van der Waals surface area (Å²) in [5, 5.41) is 14.1. The highest BCUT2D eigenvalue weighted by Crippen LogP contribution is 2.44. The number of rotatable bonds is 8. The molecule has 16 rings (SSSR count). The summed E-state index contributed by atoms with van der Waals surface area (Å²) >= 11 is 7.02. The zero-order valence-corrected chi connectivity index (χ0v) is 46.9. The molecular weight excluding hydrogens is 1120 g/mol. The Morgan fingerprint density at radius 3 is 1.05 bits per heavy atom. The van der Waals surface area contributed by atoms with Crippen LogP contribution in [0.5, 0.6) is 0 Å². The van der Waals surface area contributed by atoms with Crippen LogP contribution in [0.4, 0.5) is 34.1 Å². The van der Waals surface area contributed by atoms with Gasteiger partial charge in [-0.2, -0.15) is 0 Å². The molecule has 0 aliphatic heterocycles. The van der Waals surface area contributed by atoms with Gasteiger partial charge in [-0.15, -0.1) is 0 Å². The predicted molar refractivity (Wildman–Crippen MR) is 347 cm³/mol. The van der Waals surface area contributed by atoms with Crippen LogP contribution in [-0.4, -0.2) is 19.9 Å². The summed E-state index contributed by atoms with van der Waals surface area (Å²) in [6.07, 6.45) is 8.81. The van der Waals surface area contributed by atoms with Gasteiger partial charge in [0.25, 0.3) is 0 Å². The van der Waals surface area contributed by atoms with Gasteiger partial charge in [0.15, 0.2) is 0 Å². The van der Waals surface area contributed by atoms with Crippen molar-refractivity contribution in [1.29, 1.82) is 0 Å². The minimum absolute atomic E-state index is 0.949. The van der Waals surface area contributed by atoms with Gasteiger partial charge in [-0.3, -0.25) is 19.9 Å². The van der Waals surface area contributed by atoms with Gasteiger partial charge in [-0.25, -0.2) is 0 Å². The van der Waals surface area contributed by atoms with Crippen LogP contribution in [0.3, 0.4) is 0 Å². The largest absolute Gasteiger partial charge is 0.310 e. The number of pyridine rings is 4. The van der Waals surface area contributed by atoms with E-state index in [0.717, 1.165) is 104 Å². The first-order chi connectivity index (χ1) is 39.9. The third kappa shape index (κ3) is 9.90. The van der Waals surface area contributed by atoms with Crippen LogP contribution in [0.2, 0.25) is 0 Å². The maximum Gasteiger partial charge on any atom is 0.0736 e. The van der Waals surface area contributed by atoms with Crippen LogP contribution >= 0.6 is 31.9 Å². The number of aromatic nitrogens is 4. The van der Waals surface area contributed by atoms with Crippen molar-refractivity contribution in [2.45, 2.75) is 6.42 Å². The molecule has 6 nitrogen and oxygen atoms in total. The maximum atomic E-state index is 5.06. The average Bonchev–Trinajstić information content (AvgIpc) is 3.51. The summed E-state index contributed by atoms with van der Waals surface area (Å²) in [6, 6.07) is 89.5. The molecule has 0 atom stereocenters. The van der Waals surface area contributed by atoms with E-state index in [1.165, 1.54) is 43.4 Å². The third-order valence-electron chi connectivity index (χ3n) is 15.0. The molecule has 4 aromatic heterocycles. The molecule has 0 bridgehead atoms. The number of anilines is 6. The van der Waals surface area contributed by atoms with Gasteiger partial charge in [-0.05, 0) is 136 Å². The number of para-hydroxylation sites is 3. The fourth-order valence-electron chi connectivity index (χ4n) is 11.3. The molecule has 0 saturated carbocycles. The van der Waals surface area contributed by atoms with E-state index in [0.29, 0.717) is 0 Å². The molecule has 0 amide bonds. The zero-order chi connectivity index (χ0) is 54.2. The second-order valence-electron chi connectivity index (χ2n) is 20.2. The van der Waals surface area contributed by atoms with Gasteiger partial charge in [0.2, 0.25) is 0 Å². The molecule has 0 spiro atoms. The lowest BCUT2D eigenvalue weighted by atomic mass is 9.99. The van der Waals surface area contributed by atoms with E-state index in [9.17, 15) is 0 Å². The van der Waals surface area contributed by atoms with Crippen molar-refractivity contribution in [3.8, 4) is 0 Å². The Kier molecular flexibility index (Phi) is 13.2. The highest BCUT2D eigenvalue weighted by Gasteiger charge is 2.20. The molecule has 384 valence electrons. The molecule has 0 aliphatic rings. The Bertz CT molecular complexity index is 4640. The molecule has 81 heavy (non-hydrogen) atoms. The number of benzene rings is 12. The summed E-state index contributed by atoms with van der Waals surface area (Å²) in [5.41, 5.74) is 13.1. The highest BCUT2D eigenvalue weighted by atomic mass is 79.9. The van der Waals surface area contributed by atoms with Gasteiger partial charge in [0, 0.05) is 111 Å². The van der Waals surface area contributed by atoms with Crippen LogP contribution in [0.25, 0.3) is 86.7 Å². The van der Waals surface area contributed by atoms with E-state index in [2.05, 4.69) is 282 Å². The molecule has 0 N–H and O–H groups in total. The first-order valence-electron chi connectivity index (χ1n) is 26.9. The molecule has 0 saturated heterocycles.